The molecule has 158 valence electrons. The number of rotatable bonds is 6. The second-order valence-electron chi connectivity index (χ2n) is 7.95. The Balaban J connectivity index is 1.72. The lowest BCUT2D eigenvalue weighted by atomic mass is 9.74. The number of nitrogens with zero attached hydrogens (tertiary/aromatic N) is 1. The highest BCUT2D eigenvalue weighted by atomic mass is 19.1. The molecule has 3 unspecified atom stereocenters. The molecule has 0 saturated carbocycles. The summed E-state index contributed by atoms with van der Waals surface area (Å²) in [6.45, 7) is 0. The molecule has 1 aliphatic rings. The molecule has 0 N–H and O–H groups in total. The lowest BCUT2D eigenvalue weighted by molar-refractivity contribution is -0.143. The number of carbonyl (C=O) groups excluding carboxylic acids is 1. The van der Waals surface area contributed by atoms with Crippen molar-refractivity contribution in [1.29, 1.82) is 0 Å². The first-order valence-corrected chi connectivity index (χ1v) is 10.7. The molecule has 0 aromatic heterocycles. The summed E-state index contributed by atoms with van der Waals surface area (Å²) in [5, 5.41) is 0. The van der Waals surface area contributed by atoms with Crippen LogP contribution in [0.15, 0.2) is 89.9 Å². The molecule has 3 aromatic carbocycles. The number of ether oxygens (including phenoxy) is 1. The van der Waals surface area contributed by atoms with Crippen molar-refractivity contribution in [2.24, 2.45) is 10.9 Å². The highest BCUT2D eigenvalue weighted by Crippen LogP contribution is 2.39. The molecule has 31 heavy (non-hydrogen) atoms. The number of benzene rings is 3. The molecule has 3 atom stereocenters. The van der Waals surface area contributed by atoms with Crippen molar-refractivity contribution in [3.63, 3.8) is 0 Å². The number of hydrogen-bond donors (Lipinski definition) is 0. The zero-order chi connectivity index (χ0) is 21.6. The number of halogens is 1. The summed E-state index contributed by atoms with van der Waals surface area (Å²) in [6.07, 6.45) is 2.56. The van der Waals surface area contributed by atoms with Crippen molar-refractivity contribution in [3.05, 3.63) is 107 Å². The fourth-order valence-electron chi connectivity index (χ4n) is 4.42. The molecule has 1 aliphatic heterocycles. The van der Waals surface area contributed by atoms with E-state index < -0.39 is 5.92 Å². The Hall–Kier alpha value is -3.27. The van der Waals surface area contributed by atoms with Crippen molar-refractivity contribution < 1.29 is 13.9 Å². The number of hydrogen-bond acceptors (Lipinski definition) is 3. The number of esters is 1. The number of carbonyl (C=O) groups is 1. The van der Waals surface area contributed by atoms with Gasteiger partial charge in [-0.2, -0.15) is 0 Å². The topological polar surface area (TPSA) is 38.7 Å². The Labute approximate surface area is 182 Å². The number of aryl methyl sites for hydroxylation is 1. The van der Waals surface area contributed by atoms with E-state index in [1.54, 1.807) is 12.1 Å². The van der Waals surface area contributed by atoms with Crippen molar-refractivity contribution in [1.82, 2.24) is 0 Å². The second-order valence-corrected chi connectivity index (χ2v) is 7.95. The summed E-state index contributed by atoms with van der Waals surface area (Å²) >= 11 is 0. The van der Waals surface area contributed by atoms with Gasteiger partial charge in [0.25, 0.3) is 0 Å². The molecule has 0 fully saturated rings. The summed E-state index contributed by atoms with van der Waals surface area (Å²) in [5.74, 6) is -1.19. The SMILES string of the molecule is COC(=O)C1C(c2ccc(F)cc2)=NC(CCc2ccccc2)CC1c1ccccc1. The van der Waals surface area contributed by atoms with Crippen LogP contribution in [0.2, 0.25) is 0 Å². The molecule has 0 radical (unpaired) electrons. The van der Waals surface area contributed by atoms with Crippen LogP contribution in [-0.4, -0.2) is 24.8 Å². The van der Waals surface area contributed by atoms with Gasteiger partial charge in [-0.25, -0.2) is 4.39 Å². The quantitative estimate of drug-likeness (QED) is 0.492. The van der Waals surface area contributed by atoms with Crippen LogP contribution in [0.3, 0.4) is 0 Å². The van der Waals surface area contributed by atoms with Gasteiger partial charge in [-0.05, 0) is 48.1 Å². The zero-order valence-electron chi connectivity index (χ0n) is 17.6. The predicted molar refractivity (Wildman–Crippen MR) is 121 cm³/mol. The van der Waals surface area contributed by atoms with E-state index >= 15 is 0 Å². The van der Waals surface area contributed by atoms with Gasteiger partial charge in [0, 0.05) is 5.92 Å². The molecule has 3 aromatic rings. The maximum absolute atomic E-state index is 13.6. The van der Waals surface area contributed by atoms with E-state index in [9.17, 15) is 9.18 Å². The first-order valence-electron chi connectivity index (χ1n) is 10.7. The third-order valence-corrected chi connectivity index (χ3v) is 5.98. The Kier molecular flexibility index (Phi) is 6.56. The minimum Gasteiger partial charge on any atom is -0.468 e. The molecule has 0 spiro atoms. The van der Waals surface area contributed by atoms with Crippen molar-refractivity contribution in [2.45, 2.75) is 31.2 Å². The van der Waals surface area contributed by atoms with Crippen molar-refractivity contribution in [2.75, 3.05) is 7.11 Å². The van der Waals surface area contributed by atoms with Crippen LogP contribution in [0.5, 0.6) is 0 Å². The van der Waals surface area contributed by atoms with Gasteiger partial charge < -0.3 is 4.74 Å². The molecule has 0 bridgehead atoms. The minimum atomic E-state index is -0.522. The van der Waals surface area contributed by atoms with E-state index in [0.717, 1.165) is 30.4 Å². The average Bonchev–Trinajstić information content (AvgIpc) is 2.83. The van der Waals surface area contributed by atoms with Gasteiger partial charge in [0.15, 0.2) is 0 Å². The molecular formula is C27H26FNO2. The molecule has 4 rings (SSSR count). The molecule has 0 aliphatic carbocycles. The normalized spacial score (nSPS) is 20.7. The maximum Gasteiger partial charge on any atom is 0.315 e. The van der Waals surface area contributed by atoms with Crippen LogP contribution in [0.25, 0.3) is 0 Å². The van der Waals surface area contributed by atoms with E-state index in [4.69, 9.17) is 9.73 Å². The third kappa shape index (κ3) is 4.91. The molecule has 0 saturated heterocycles. The van der Waals surface area contributed by atoms with Gasteiger partial charge in [0.2, 0.25) is 0 Å². The van der Waals surface area contributed by atoms with Crippen molar-refractivity contribution >= 4 is 11.7 Å². The van der Waals surface area contributed by atoms with Crippen LogP contribution >= 0.6 is 0 Å². The first-order chi connectivity index (χ1) is 15.2. The van der Waals surface area contributed by atoms with E-state index in [1.807, 2.05) is 36.4 Å². The summed E-state index contributed by atoms with van der Waals surface area (Å²) in [7, 11) is 1.41. The van der Waals surface area contributed by atoms with Crippen LogP contribution in [0, 0.1) is 11.7 Å². The van der Waals surface area contributed by atoms with E-state index in [0.29, 0.717) is 5.71 Å². The Morgan fingerprint density at radius 2 is 1.61 bits per heavy atom. The van der Waals surface area contributed by atoms with Crippen molar-refractivity contribution in [3.8, 4) is 0 Å². The van der Waals surface area contributed by atoms with Crippen LogP contribution in [0.4, 0.5) is 4.39 Å². The largest absolute Gasteiger partial charge is 0.468 e. The lowest BCUT2D eigenvalue weighted by Gasteiger charge is -2.34. The fraction of sp³-hybridized carbons (Fsp3) is 0.259. The van der Waals surface area contributed by atoms with Gasteiger partial charge in [0.05, 0.1) is 18.9 Å². The highest BCUT2D eigenvalue weighted by molar-refractivity contribution is 6.13. The first kappa shape index (κ1) is 21.0. The average molecular weight is 416 g/mol. The summed E-state index contributed by atoms with van der Waals surface area (Å²) in [6, 6.07) is 26.7. The summed E-state index contributed by atoms with van der Waals surface area (Å²) in [4.78, 5) is 17.9. The monoisotopic (exact) mass is 415 g/mol. The number of aliphatic imine (C=N–C) groups is 1. The summed E-state index contributed by atoms with van der Waals surface area (Å²) in [5.41, 5.74) is 3.82. The standard InChI is InChI=1S/C27H26FNO2/c1-31-27(30)25-24(20-10-6-3-7-11-20)18-23(17-12-19-8-4-2-5-9-19)29-26(25)21-13-15-22(28)16-14-21/h2-11,13-16,23-25H,12,17-18H2,1H3. The van der Waals surface area contributed by atoms with Gasteiger partial charge in [-0.1, -0.05) is 72.8 Å². The van der Waals surface area contributed by atoms with Gasteiger partial charge in [-0.15, -0.1) is 0 Å². The molecule has 3 nitrogen and oxygen atoms in total. The highest BCUT2D eigenvalue weighted by Gasteiger charge is 2.40. The lowest BCUT2D eigenvalue weighted by Crippen LogP contribution is -2.38. The summed E-state index contributed by atoms with van der Waals surface area (Å²) < 4.78 is 18.8. The number of methoxy groups -OCH3 is 1. The van der Waals surface area contributed by atoms with Gasteiger partial charge in [0.1, 0.15) is 11.7 Å². The molecule has 1 heterocycles. The Morgan fingerprint density at radius 3 is 2.26 bits per heavy atom. The Bertz CT molecular complexity index is 1030. The fourth-order valence-corrected chi connectivity index (χ4v) is 4.42. The van der Waals surface area contributed by atoms with Crippen LogP contribution in [0.1, 0.15) is 35.4 Å². The van der Waals surface area contributed by atoms with E-state index in [1.165, 1.54) is 24.8 Å². The van der Waals surface area contributed by atoms with Gasteiger partial charge >= 0.3 is 5.97 Å². The van der Waals surface area contributed by atoms with Crippen LogP contribution in [-0.2, 0) is 16.0 Å². The smallest absolute Gasteiger partial charge is 0.315 e. The maximum atomic E-state index is 13.6. The minimum absolute atomic E-state index is 0.0491. The predicted octanol–water partition coefficient (Wildman–Crippen LogP) is 5.59. The van der Waals surface area contributed by atoms with Crippen LogP contribution < -0.4 is 0 Å². The molecule has 4 heteroatoms. The Morgan fingerprint density at radius 1 is 0.968 bits per heavy atom. The van der Waals surface area contributed by atoms with Gasteiger partial charge in [-0.3, -0.25) is 9.79 Å². The third-order valence-electron chi connectivity index (χ3n) is 5.98. The van der Waals surface area contributed by atoms with E-state index in [-0.39, 0.29) is 23.7 Å². The second kappa shape index (κ2) is 9.69. The molecule has 0 amide bonds. The zero-order valence-corrected chi connectivity index (χ0v) is 17.6. The van der Waals surface area contributed by atoms with E-state index in [2.05, 4.69) is 24.3 Å². The molecular weight excluding hydrogens is 389 g/mol.